The SMILES string of the molecule is c1ccc2cc(-c3cc4oc5c6ccccc6sc5c4s3)ccc2c1. The molecule has 118 valence electrons. The molecule has 0 saturated carbocycles. The summed E-state index contributed by atoms with van der Waals surface area (Å²) in [4.78, 5) is 1.26. The van der Waals surface area contributed by atoms with Crippen molar-refractivity contribution in [3.8, 4) is 10.4 Å². The van der Waals surface area contributed by atoms with Crippen LogP contribution >= 0.6 is 22.7 Å². The molecule has 0 atom stereocenters. The fourth-order valence-electron chi connectivity index (χ4n) is 3.48. The minimum absolute atomic E-state index is 1.00. The number of benzene rings is 3. The highest BCUT2D eigenvalue weighted by molar-refractivity contribution is 7.32. The summed E-state index contributed by atoms with van der Waals surface area (Å²) in [5, 5.41) is 3.77. The first kappa shape index (κ1) is 13.6. The number of hydrogen-bond donors (Lipinski definition) is 0. The van der Waals surface area contributed by atoms with Gasteiger partial charge in [0.2, 0.25) is 0 Å². The molecule has 0 aliphatic rings. The molecule has 3 heterocycles. The van der Waals surface area contributed by atoms with Crippen molar-refractivity contribution < 1.29 is 4.42 Å². The van der Waals surface area contributed by atoms with Crippen molar-refractivity contribution in [2.75, 3.05) is 0 Å². The molecule has 25 heavy (non-hydrogen) atoms. The van der Waals surface area contributed by atoms with E-state index in [1.165, 1.54) is 40.7 Å². The summed E-state index contributed by atoms with van der Waals surface area (Å²) in [5.41, 5.74) is 3.29. The topological polar surface area (TPSA) is 13.1 Å². The van der Waals surface area contributed by atoms with Crippen LogP contribution in [-0.2, 0) is 0 Å². The van der Waals surface area contributed by atoms with Crippen LogP contribution < -0.4 is 0 Å². The Balaban J connectivity index is 1.59. The summed E-state index contributed by atoms with van der Waals surface area (Å²) in [6, 6.07) is 25.8. The van der Waals surface area contributed by atoms with Crippen LogP contribution in [-0.4, -0.2) is 0 Å². The Morgan fingerprint density at radius 3 is 2.48 bits per heavy atom. The third kappa shape index (κ3) is 1.94. The van der Waals surface area contributed by atoms with Gasteiger partial charge in [0.05, 0.1) is 9.40 Å². The first-order valence-corrected chi connectivity index (χ1v) is 9.83. The highest BCUT2D eigenvalue weighted by atomic mass is 32.1. The van der Waals surface area contributed by atoms with Crippen LogP contribution in [0, 0.1) is 0 Å². The van der Waals surface area contributed by atoms with E-state index >= 15 is 0 Å². The van der Waals surface area contributed by atoms with Crippen molar-refractivity contribution in [2.24, 2.45) is 0 Å². The molecule has 0 unspecified atom stereocenters. The van der Waals surface area contributed by atoms with E-state index in [2.05, 4.69) is 72.8 Å². The maximum absolute atomic E-state index is 6.22. The molecule has 0 N–H and O–H groups in total. The molecule has 3 aromatic heterocycles. The molecule has 3 heteroatoms. The van der Waals surface area contributed by atoms with Crippen molar-refractivity contribution in [3.63, 3.8) is 0 Å². The zero-order chi connectivity index (χ0) is 16.4. The Morgan fingerprint density at radius 2 is 1.52 bits per heavy atom. The van der Waals surface area contributed by atoms with Gasteiger partial charge in [-0.3, -0.25) is 0 Å². The van der Waals surface area contributed by atoms with Crippen LogP contribution in [0.3, 0.4) is 0 Å². The van der Waals surface area contributed by atoms with Crippen molar-refractivity contribution in [1.82, 2.24) is 0 Å². The van der Waals surface area contributed by atoms with E-state index < -0.39 is 0 Å². The van der Waals surface area contributed by atoms with E-state index in [0.29, 0.717) is 0 Å². The lowest BCUT2D eigenvalue weighted by Crippen LogP contribution is -1.74. The monoisotopic (exact) mass is 356 g/mol. The van der Waals surface area contributed by atoms with Crippen LogP contribution in [0.5, 0.6) is 0 Å². The van der Waals surface area contributed by atoms with Crippen LogP contribution in [0.2, 0.25) is 0 Å². The smallest absolute Gasteiger partial charge is 0.154 e. The number of hydrogen-bond acceptors (Lipinski definition) is 3. The second kappa shape index (κ2) is 4.94. The van der Waals surface area contributed by atoms with Gasteiger partial charge in [0, 0.05) is 21.0 Å². The van der Waals surface area contributed by atoms with Gasteiger partial charge in [0.25, 0.3) is 0 Å². The molecule has 6 rings (SSSR count). The maximum Gasteiger partial charge on any atom is 0.154 e. The Kier molecular flexibility index (Phi) is 2.70. The molecule has 0 saturated heterocycles. The molecule has 0 bridgehead atoms. The standard InChI is InChI=1S/C22H12OS2/c1-2-6-14-11-15(10-9-13(14)5-1)19-12-17-21(25-19)22-20(23-17)16-7-3-4-8-18(16)24-22/h1-12H. The molecule has 3 aromatic carbocycles. The summed E-state index contributed by atoms with van der Waals surface area (Å²) in [5.74, 6) is 0. The van der Waals surface area contributed by atoms with E-state index in [1.807, 2.05) is 22.7 Å². The largest absolute Gasteiger partial charge is 0.454 e. The molecule has 6 aromatic rings. The first-order chi connectivity index (χ1) is 12.4. The third-order valence-corrected chi connectivity index (χ3v) is 7.18. The summed E-state index contributed by atoms with van der Waals surface area (Å²) in [6.45, 7) is 0. The minimum atomic E-state index is 1.00. The molecular formula is C22H12OS2. The average molecular weight is 356 g/mol. The van der Waals surface area contributed by atoms with Crippen molar-refractivity contribution in [2.45, 2.75) is 0 Å². The molecular weight excluding hydrogens is 344 g/mol. The molecule has 0 fully saturated rings. The predicted octanol–water partition coefficient (Wildman–Crippen LogP) is 7.68. The van der Waals surface area contributed by atoms with Gasteiger partial charge in [0.15, 0.2) is 5.58 Å². The Labute approximate surface area is 151 Å². The van der Waals surface area contributed by atoms with Crippen LogP contribution in [0.4, 0.5) is 0 Å². The van der Waals surface area contributed by atoms with Gasteiger partial charge in [-0.05, 0) is 34.5 Å². The fraction of sp³-hybridized carbons (Fsp3) is 0. The second-order valence-electron chi connectivity index (χ2n) is 6.22. The summed E-state index contributed by atoms with van der Waals surface area (Å²) >= 11 is 3.65. The van der Waals surface area contributed by atoms with E-state index in [9.17, 15) is 0 Å². The first-order valence-electron chi connectivity index (χ1n) is 8.19. The molecule has 0 aliphatic carbocycles. The molecule has 1 nitrogen and oxygen atoms in total. The minimum Gasteiger partial charge on any atom is -0.454 e. The van der Waals surface area contributed by atoms with Crippen molar-refractivity contribution in [3.05, 3.63) is 72.8 Å². The van der Waals surface area contributed by atoms with E-state index in [4.69, 9.17) is 4.42 Å². The number of thiophene rings is 2. The number of furan rings is 1. The zero-order valence-corrected chi connectivity index (χ0v) is 14.8. The van der Waals surface area contributed by atoms with E-state index in [0.717, 1.165) is 11.2 Å². The quantitative estimate of drug-likeness (QED) is 0.294. The Morgan fingerprint density at radius 1 is 0.680 bits per heavy atom. The van der Waals surface area contributed by atoms with Gasteiger partial charge in [-0.15, -0.1) is 22.7 Å². The Bertz CT molecular complexity index is 1400. The van der Waals surface area contributed by atoms with Crippen LogP contribution in [0.15, 0.2) is 77.2 Å². The summed E-state index contributed by atoms with van der Waals surface area (Å²) < 4.78 is 10.0. The molecule has 0 aliphatic heterocycles. The fourth-order valence-corrected chi connectivity index (χ4v) is 5.82. The number of rotatable bonds is 1. The third-order valence-electron chi connectivity index (χ3n) is 4.70. The van der Waals surface area contributed by atoms with Crippen LogP contribution in [0.25, 0.3) is 51.9 Å². The maximum atomic E-state index is 6.22. The summed E-state index contributed by atoms with van der Waals surface area (Å²) in [6.07, 6.45) is 0. The normalized spacial score (nSPS) is 12.0. The van der Waals surface area contributed by atoms with Gasteiger partial charge in [-0.25, -0.2) is 0 Å². The van der Waals surface area contributed by atoms with Gasteiger partial charge in [-0.2, -0.15) is 0 Å². The van der Waals surface area contributed by atoms with Gasteiger partial charge in [0.1, 0.15) is 5.58 Å². The summed E-state index contributed by atoms with van der Waals surface area (Å²) in [7, 11) is 0. The Hall–Kier alpha value is -2.62. The average Bonchev–Trinajstić information content (AvgIpc) is 3.31. The van der Waals surface area contributed by atoms with Gasteiger partial charge < -0.3 is 4.42 Å². The highest BCUT2D eigenvalue weighted by Crippen LogP contribution is 2.45. The van der Waals surface area contributed by atoms with Gasteiger partial charge in [-0.1, -0.05) is 48.5 Å². The molecule has 0 amide bonds. The highest BCUT2D eigenvalue weighted by Gasteiger charge is 2.17. The lowest BCUT2D eigenvalue weighted by molar-refractivity contribution is 0.674. The van der Waals surface area contributed by atoms with E-state index in [-0.39, 0.29) is 0 Å². The van der Waals surface area contributed by atoms with Crippen molar-refractivity contribution in [1.29, 1.82) is 0 Å². The molecule has 0 spiro atoms. The molecule has 0 radical (unpaired) electrons. The lowest BCUT2D eigenvalue weighted by atomic mass is 10.1. The lowest BCUT2D eigenvalue weighted by Gasteiger charge is -2.01. The van der Waals surface area contributed by atoms with Gasteiger partial charge >= 0.3 is 0 Å². The van der Waals surface area contributed by atoms with Crippen molar-refractivity contribution >= 4 is 64.1 Å². The van der Waals surface area contributed by atoms with Crippen LogP contribution in [0.1, 0.15) is 0 Å². The number of fused-ring (bicyclic) bond motifs is 6. The van der Waals surface area contributed by atoms with E-state index in [1.54, 1.807) is 0 Å². The second-order valence-corrected chi connectivity index (χ2v) is 8.33. The predicted molar refractivity (Wildman–Crippen MR) is 110 cm³/mol. The zero-order valence-electron chi connectivity index (χ0n) is 13.2.